The molecule has 0 heterocycles. The van der Waals surface area contributed by atoms with E-state index < -0.39 is 30.2 Å². The highest BCUT2D eigenvalue weighted by Crippen LogP contribution is 2.29. The van der Waals surface area contributed by atoms with Crippen LogP contribution in [0.1, 0.15) is 15.9 Å². The molecule has 2 aromatic rings. The van der Waals surface area contributed by atoms with E-state index in [2.05, 4.69) is 5.32 Å². The Balaban J connectivity index is 1.95. The highest BCUT2D eigenvalue weighted by molar-refractivity contribution is 6.31. The summed E-state index contributed by atoms with van der Waals surface area (Å²) in [6.45, 7) is -0.629. The van der Waals surface area contributed by atoms with Crippen LogP contribution in [0.3, 0.4) is 0 Å². The van der Waals surface area contributed by atoms with Gasteiger partial charge >= 0.3 is 12.1 Å². The van der Waals surface area contributed by atoms with Crippen LogP contribution in [-0.4, -0.2) is 25.6 Å². The summed E-state index contributed by atoms with van der Waals surface area (Å²) in [5, 5.41) is 2.83. The summed E-state index contributed by atoms with van der Waals surface area (Å²) < 4.78 is 47.3. The van der Waals surface area contributed by atoms with Crippen LogP contribution in [0.4, 0.5) is 18.9 Å². The van der Waals surface area contributed by atoms with Crippen molar-refractivity contribution in [2.45, 2.75) is 6.18 Å². The number of halogens is 4. The zero-order valence-corrected chi connectivity index (χ0v) is 14.1. The Kier molecular flexibility index (Phi) is 6.10. The molecule has 26 heavy (non-hydrogen) atoms. The quantitative estimate of drug-likeness (QED) is 0.782. The van der Waals surface area contributed by atoms with Crippen molar-refractivity contribution in [3.05, 3.63) is 58.6 Å². The average Bonchev–Trinajstić information content (AvgIpc) is 2.59. The van der Waals surface area contributed by atoms with Crippen LogP contribution in [0, 0.1) is 0 Å². The van der Waals surface area contributed by atoms with E-state index in [9.17, 15) is 22.8 Å². The van der Waals surface area contributed by atoms with Crippen molar-refractivity contribution < 1.29 is 32.2 Å². The van der Waals surface area contributed by atoms with Crippen LogP contribution >= 0.6 is 11.6 Å². The number of benzene rings is 2. The number of ether oxygens (including phenoxy) is 2. The van der Waals surface area contributed by atoms with Crippen molar-refractivity contribution in [1.29, 1.82) is 0 Å². The van der Waals surface area contributed by atoms with Crippen LogP contribution in [0.15, 0.2) is 42.5 Å². The molecule has 0 unspecified atom stereocenters. The molecular weight excluding hydrogens is 375 g/mol. The molecule has 0 saturated heterocycles. The van der Waals surface area contributed by atoms with E-state index in [1.54, 1.807) is 12.1 Å². The number of methoxy groups -OCH3 is 1. The Morgan fingerprint density at radius 2 is 1.77 bits per heavy atom. The molecule has 0 atom stereocenters. The lowest BCUT2D eigenvalue weighted by Gasteiger charge is -2.11. The predicted molar refractivity (Wildman–Crippen MR) is 88.4 cm³/mol. The highest BCUT2D eigenvalue weighted by Gasteiger charge is 2.30. The van der Waals surface area contributed by atoms with Crippen molar-refractivity contribution in [2.24, 2.45) is 0 Å². The van der Waals surface area contributed by atoms with Gasteiger partial charge in [-0.15, -0.1) is 0 Å². The van der Waals surface area contributed by atoms with E-state index >= 15 is 0 Å². The second kappa shape index (κ2) is 8.09. The standard InChI is InChI=1S/C17H13ClF3NO4/c1-25-14-7-6-12(18)8-13(14)22-15(23)9-26-16(24)10-2-4-11(5-3-10)17(19,20)21/h2-8H,9H2,1H3,(H,22,23). The van der Waals surface area contributed by atoms with E-state index in [4.69, 9.17) is 21.1 Å². The number of anilines is 1. The molecule has 1 amide bonds. The Labute approximate surface area is 151 Å². The van der Waals surface area contributed by atoms with Crippen LogP contribution < -0.4 is 10.1 Å². The first-order valence-corrected chi connectivity index (χ1v) is 7.56. The minimum absolute atomic E-state index is 0.105. The van der Waals surface area contributed by atoms with Crippen molar-refractivity contribution >= 4 is 29.2 Å². The zero-order valence-electron chi connectivity index (χ0n) is 13.4. The average molecular weight is 388 g/mol. The number of amides is 1. The fraction of sp³-hybridized carbons (Fsp3) is 0.176. The molecule has 2 rings (SSSR count). The van der Waals surface area contributed by atoms with E-state index in [1.165, 1.54) is 13.2 Å². The van der Waals surface area contributed by atoms with Crippen LogP contribution in [0.5, 0.6) is 5.75 Å². The molecule has 2 aromatic carbocycles. The highest BCUT2D eigenvalue weighted by atomic mass is 35.5. The van der Waals surface area contributed by atoms with Crippen molar-refractivity contribution in [3.8, 4) is 5.75 Å². The molecule has 0 saturated carbocycles. The Hall–Kier alpha value is -2.74. The maximum absolute atomic E-state index is 12.5. The monoisotopic (exact) mass is 387 g/mol. The number of alkyl halides is 3. The van der Waals surface area contributed by atoms with Gasteiger partial charge in [0.05, 0.1) is 23.9 Å². The molecule has 0 aliphatic carbocycles. The Morgan fingerprint density at radius 1 is 1.12 bits per heavy atom. The lowest BCUT2D eigenvalue weighted by Crippen LogP contribution is -2.21. The lowest BCUT2D eigenvalue weighted by molar-refractivity contribution is -0.137. The SMILES string of the molecule is COc1ccc(Cl)cc1NC(=O)COC(=O)c1ccc(C(F)(F)F)cc1. The fourth-order valence-corrected chi connectivity index (χ4v) is 2.15. The van der Waals surface area contributed by atoms with Gasteiger partial charge in [0.25, 0.3) is 5.91 Å². The van der Waals surface area contributed by atoms with Gasteiger partial charge in [0.15, 0.2) is 6.61 Å². The van der Waals surface area contributed by atoms with E-state index in [0.717, 1.165) is 24.3 Å². The fourth-order valence-electron chi connectivity index (χ4n) is 1.97. The summed E-state index contributed by atoms with van der Waals surface area (Å²) in [6.07, 6.45) is -4.50. The number of hydrogen-bond donors (Lipinski definition) is 1. The van der Waals surface area contributed by atoms with E-state index in [1.807, 2.05) is 0 Å². The molecule has 0 radical (unpaired) electrons. The number of esters is 1. The third kappa shape index (κ3) is 5.13. The number of nitrogens with one attached hydrogen (secondary N) is 1. The number of hydrogen-bond acceptors (Lipinski definition) is 4. The second-order valence-corrected chi connectivity index (χ2v) is 5.48. The third-order valence-corrected chi connectivity index (χ3v) is 3.45. The zero-order chi connectivity index (χ0) is 19.3. The van der Waals surface area contributed by atoms with Crippen molar-refractivity contribution in [1.82, 2.24) is 0 Å². The normalized spacial score (nSPS) is 11.0. The largest absolute Gasteiger partial charge is 0.495 e. The maximum Gasteiger partial charge on any atom is 0.416 e. The molecule has 0 aliphatic heterocycles. The van der Waals surface area contributed by atoms with Crippen molar-refractivity contribution in [2.75, 3.05) is 19.0 Å². The first-order valence-electron chi connectivity index (χ1n) is 7.18. The Bertz CT molecular complexity index is 807. The minimum atomic E-state index is -4.50. The van der Waals surface area contributed by atoms with Gasteiger partial charge in [-0.05, 0) is 42.5 Å². The van der Waals surface area contributed by atoms with Gasteiger partial charge in [0, 0.05) is 5.02 Å². The van der Waals surface area contributed by atoms with Gasteiger partial charge in [-0.2, -0.15) is 13.2 Å². The molecule has 0 fully saturated rings. The van der Waals surface area contributed by atoms with Gasteiger partial charge in [-0.25, -0.2) is 4.79 Å². The first kappa shape index (κ1) is 19.6. The minimum Gasteiger partial charge on any atom is -0.495 e. The molecule has 0 aromatic heterocycles. The predicted octanol–water partition coefficient (Wildman–Crippen LogP) is 4.16. The van der Waals surface area contributed by atoms with E-state index in [0.29, 0.717) is 10.8 Å². The molecular formula is C17H13ClF3NO4. The van der Waals surface area contributed by atoms with Gasteiger partial charge in [-0.3, -0.25) is 4.79 Å². The number of carbonyl (C=O) groups excluding carboxylic acids is 2. The molecule has 5 nitrogen and oxygen atoms in total. The second-order valence-electron chi connectivity index (χ2n) is 5.04. The summed E-state index contributed by atoms with van der Waals surface area (Å²) in [4.78, 5) is 23.7. The summed E-state index contributed by atoms with van der Waals surface area (Å²) in [7, 11) is 1.41. The van der Waals surface area contributed by atoms with Gasteiger partial charge in [0.2, 0.25) is 0 Å². The van der Waals surface area contributed by atoms with Crippen molar-refractivity contribution in [3.63, 3.8) is 0 Å². The van der Waals surface area contributed by atoms with Gasteiger partial charge in [0.1, 0.15) is 5.75 Å². The number of carbonyl (C=O) groups is 2. The van der Waals surface area contributed by atoms with Gasteiger partial charge < -0.3 is 14.8 Å². The summed E-state index contributed by atoms with van der Waals surface area (Å²) in [5.41, 5.74) is -0.707. The molecule has 9 heteroatoms. The molecule has 0 spiro atoms. The smallest absolute Gasteiger partial charge is 0.416 e. The summed E-state index contributed by atoms with van der Waals surface area (Å²) in [6, 6.07) is 8.04. The lowest BCUT2D eigenvalue weighted by atomic mass is 10.1. The van der Waals surface area contributed by atoms with Crippen LogP contribution in [-0.2, 0) is 15.7 Å². The Morgan fingerprint density at radius 3 is 2.35 bits per heavy atom. The maximum atomic E-state index is 12.5. The molecule has 1 N–H and O–H groups in total. The summed E-state index contributed by atoms with van der Waals surface area (Å²) in [5.74, 6) is -1.23. The number of rotatable bonds is 5. The molecule has 0 aliphatic rings. The first-order chi connectivity index (χ1) is 12.2. The van der Waals surface area contributed by atoms with E-state index in [-0.39, 0.29) is 11.3 Å². The third-order valence-electron chi connectivity index (χ3n) is 3.22. The van der Waals surface area contributed by atoms with Crippen LogP contribution in [0.25, 0.3) is 0 Å². The molecule has 138 valence electrons. The van der Waals surface area contributed by atoms with Crippen LogP contribution in [0.2, 0.25) is 5.02 Å². The summed E-state index contributed by atoms with van der Waals surface area (Å²) >= 11 is 5.84. The molecule has 0 bridgehead atoms. The van der Waals surface area contributed by atoms with Gasteiger partial charge in [-0.1, -0.05) is 11.6 Å². The topological polar surface area (TPSA) is 64.6 Å².